The number of amidine groups is 1. The number of rotatable bonds is 17. The molecule has 0 spiro atoms. The molecule has 3 amide bonds. The second kappa shape index (κ2) is 21.8. The van der Waals surface area contributed by atoms with Crippen LogP contribution >= 0.6 is 0 Å². The van der Waals surface area contributed by atoms with Crippen molar-refractivity contribution in [3.63, 3.8) is 0 Å². The summed E-state index contributed by atoms with van der Waals surface area (Å²) in [7, 11) is 1.30. The molecule has 9 rings (SSSR count). The van der Waals surface area contributed by atoms with Crippen molar-refractivity contribution in [3.8, 4) is 28.1 Å². The van der Waals surface area contributed by atoms with E-state index >= 15 is 0 Å². The number of amides is 3. The Balaban J connectivity index is 0.806. The molecule has 13 heteroatoms. The quantitative estimate of drug-likeness (QED) is 0.0823. The van der Waals surface area contributed by atoms with Gasteiger partial charge in [0.1, 0.15) is 36.1 Å². The molecule has 3 aliphatic heterocycles. The van der Waals surface area contributed by atoms with E-state index in [9.17, 15) is 14.4 Å². The Hall–Kier alpha value is -7.25. The Bertz CT molecular complexity index is 2690. The number of likely N-dealkylation sites (tertiary alicyclic amines) is 2. The molecule has 3 aliphatic rings. The Morgan fingerprint density at radius 3 is 2.03 bits per heavy atom. The van der Waals surface area contributed by atoms with E-state index in [1.54, 1.807) is 0 Å². The molecule has 356 valence electrons. The van der Waals surface area contributed by atoms with E-state index in [4.69, 9.17) is 19.5 Å². The lowest BCUT2D eigenvalue weighted by molar-refractivity contribution is -0.138. The number of nitrogens with one attached hydrogen (secondary N) is 3. The predicted octanol–water partition coefficient (Wildman–Crippen LogP) is 9.07. The molecule has 13 nitrogen and oxygen atoms in total. The highest BCUT2D eigenvalue weighted by Crippen LogP contribution is 2.36. The highest BCUT2D eigenvalue weighted by atomic mass is 16.5. The minimum absolute atomic E-state index is 0.0253. The van der Waals surface area contributed by atoms with Crippen LogP contribution in [0.1, 0.15) is 85.7 Å². The number of aliphatic imine (C=N–C) groups is 1. The lowest BCUT2D eigenvalue weighted by atomic mass is 9.99. The SMILES string of the molecule is CCN(CC)[C@@H](C(=O)N1CCC[C@H]1c1ncc(-c2ccc(-c3ccc(C4CN=C([C@@H]5CCCN5C(=O)[C@H](Cc5ccc(OCc6ccccc6)cc5)NC(=O)OC)N4)cc3)cc2)[nH]1)c1ccccc1. The number of H-pyrrole nitrogens is 1. The second-order valence-electron chi connectivity index (χ2n) is 18.0. The summed E-state index contributed by atoms with van der Waals surface area (Å²) in [5.74, 6) is 2.31. The molecule has 0 bridgehead atoms. The highest BCUT2D eigenvalue weighted by molar-refractivity contribution is 5.95. The first-order valence-corrected chi connectivity index (χ1v) is 24.4. The van der Waals surface area contributed by atoms with E-state index in [1.165, 1.54) is 7.11 Å². The van der Waals surface area contributed by atoms with Gasteiger partial charge in [-0.3, -0.25) is 19.5 Å². The first-order chi connectivity index (χ1) is 33.8. The summed E-state index contributed by atoms with van der Waals surface area (Å²) >= 11 is 0. The molecule has 5 aromatic carbocycles. The van der Waals surface area contributed by atoms with Crippen molar-refractivity contribution in [2.75, 3.05) is 39.8 Å². The van der Waals surface area contributed by atoms with Crippen LogP contribution in [-0.2, 0) is 27.4 Å². The number of methoxy groups -OCH3 is 1. The van der Waals surface area contributed by atoms with Crippen LogP contribution in [0.5, 0.6) is 5.75 Å². The number of benzene rings is 5. The fourth-order valence-electron chi connectivity index (χ4n) is 10.1. The maximum atomic E-state index is 14.3. The zero-order chi connectivity index (χ0) is 47.7. The van der Waals surface area contributed by atoms with E-state index in [0.717, 1.165) is 101 Å². The predicted molar refractivity (Wildman–Crippen MR) is 268 cm³/mol. The van der Waals surface area contributed by atoms with Crippen LogP contribution in [0.3, 0.4) is 0 Å². The van der Waals surface area contributed by atoms with Crippen LogP contribution in [0, 0.1) is 0 Å². The number of hydrogen-bond donors (Lipinski definition) is 3. The molecule has 4 heterocycles. The summed E-state index contributed by atoms with van der Waals surface area (Å²) in [5.41, 5.74) is 8.25. The topological polar surface area (TPSA) is 144 Å². The van der Waals surface area contributed by atoms with Gasteiger partial charge >= 0.3 is 6.09 Å². The zero-order valence-corrected chi connectivity index (χ0v) is 39.7. The number of alkyl carbamates (subject to hydrolysis) is 1. The first-order valence-electron chi connectivity index (χ1n) is 24.4. The van der Waals surface area contributed by atoms with Crippen LogP contribution in [0.15, 0.2) is 145 Å². The number of imidazole rings is 1. The lowest BCUT2D eigenvalue weighted by Crippen LogP contribution is -2.53. The third-order valence-corrected chi connectivity index (χ3v) is 13.8. The molecule has 1 aromatic heterocycles. The van der Waals surface area contributed by atoms with Crippen molar-refractivity contribution in [1.82, 2.24) is 35.3 Å². The molecule has 2 fully saturated rings. The molecule has 0 saturated carbocycles. The normalized spacial score (nSPS) is 18.7. The van der Waals surface area contributed by atoms with Gasteiger partial charge in [0.15, 0.2) is 0 Å². The third-order valence-electron chi connectivity index (χ3n) is 13.8. The number of aromatic amines is 1. The average Bonchev–Trinajstić information content (AvgIpc) is 4.26. The fraction of sp³-hybridized carbons (Fsp3) is 0.339. The van der Waals surface area contributed by atoms with Crippen molar-refractivity contribution >= 4 is 23.7 Å². The molecule has 3 N–H and O–H groups in total. The van der Waals surface area contributed by atoms with Gasteiger partial charge in [0.2, 0.25) is 11.8 Å². The standard InChI is InChI=1S/C56H62N8O5/c1-4-62(5-2)51(44-16-10-7-11-17-44)55(66)64-33-13-19-50(64)53-58-36-48(60-53)43-28-24-41(25-29-43)40-22-26-42(27-23-40)47-35-57-52(59-47)49-18-12-32-63(49)54(65)46(61-56(67)68-3)34-38-20-30-45(31-21-38)69-37-39-14-8-6-9-15-39/h6-11,14-17,20-31,36,46-47,49-51H,4-5,12-13,18-19,32-35,37H2,1-3H3,(H,57,59)(H,58,60)(H,61,67)/t46-,47?,49-,50-,51+/m0/s1. The molecule has 1 unspecified atom stereocenters. The maximum absolute atomic E-state index is 14.3. The molecule has 2 saturated heterocycles. The molecule has 6 aromatic rings. The van der Waals surface area contributed by atoms with Crippen LogP contribution in [0.2, 0.25) is 0 Å². The molecule has 0 radical (unpaired) electrons. The fourth-order valence-corrected chi connectivity index (χ4v) is 10.1. The smallest absolute Gasteiger partial charge is 0.407 e. The number of aromatic nitrogens is 2. The van der Waals surface area contributed by atoms with Gasteiger partial charge in [-0.1, -0.05) is 135 Å². The summed E-state index contributed by atoms with van der Waals surface area (Å²) in [6.07, 6.45) is 4.95. The Morgan fingerprint density at radius 1 is 0.739 bits per heavy atom. The number of carbonyl (C=O) groups is 3. The lowest BCUT2D eigenvalue weighted by Gasteiger charge is -2.34. The van der Waals surface area contributed by atoms with Crippen molar-refractivity contribution in [2.24, 2.45) is 4.99 Å². The van der Waals surface area contributed by atoms with Gasteiger partial charge in [-0.15, -0.1) is 0 Å². The summed E-state index contributed by atoms with van der Waals surface area (Å²) in [5, 5.41) is 6.44. The summed E-state index contributed by atoms with van der Waals surface area (Å²) in [6.45, 7) is 8.10. The van der Waals surface area contributed by atoms with Gasteiger partial charge in [-0.05, 0) is 89.8 Å². The molecular weight excluding hydrogens is 865 g/mol. The number of carbonyl (C=O) groups excluding carboxylic acids is 3. The average molecular weight is 927 g/mol. The monoisotopic (exact) mass is 926 g/mol. The number of nitrogens with zero attached hydrogens (tertiary/aromatic N) is 5. The van der Waals surface area contributed by atoms with Crippen LogP contribution in [-0.4, -0.2) is 100 Å². The number of likely N-dealkylation sites (N-methyl/N-ethyl adjacent to an activating group) is 1. The van der Waals surface area contributed by atoms with Crippen molar-refractivity contribution < 1.29 is 23.9 Å². The summed E-state index contributed by atoms with van der Waals surface area (Å²) in [4.78, 5) is 60.5. The molecule has 5 atom stereocenters. The largest absolute Gasteiger partial charge is 0.489 e. The van der Waals surface area contributed by atoms with Gasteiger partial charge in [0.05, 0.1) is 43.7 Å². The van der Waals surface area contributed by atoms with Gasteiger partial charge in [-0.25, -0.2) is 9.78 Å². The van der Waals surface area contributed by atoms with E-state index in [-0.39, 0.29) is 36.0 Å². The summed E-state index contributed by atoms with van der Waals surface area (Å²) in [6, 6.07) is 43.3. The van der Waals surface area contributed by atoms with Crippen molar-refractivity contribution in [1.29, 1.82) is 0 Å². The maximum Gasteiger partial charge on any atom is 0.407 e. The van der Waals surface area contributed by atoms with Crippen LogP contribution < -0.4 is 15.4 Å². The molecular formula is C56H62N8O5. The van der Waals surface area contributed by atoms with Crippen molar-refractivity contribution in [3.05, 3.63) is 168 Å². The Kier molecular flexibility index (Phi) is 14.8. The van der Waals surface area contributed by atoms with E-state index in [2.05, 4.69) is 95.0 Å². The first kappa shape index (κ1) is 46.8. The Labute approximate surface area is 405 Å². The van der Waals surface area contributed by atoms with Gasteiger partial charge in [0, 0.05) is 19.5 Å². The van der Waals surface area contributed by atoms with Crippen molar-refractivity contribution in [2.45, 2.75) is 82.8 Å². The van der Waals surface area contributed by atoms with E-state index in [0.29, 0.717) is 32.7 Å². The third kappa shape index (κ3) is 10.7. The van der Waals surface area contributed by atoms with Crippen LogP contribution in [0.4, 0.5) is 4.79 Å². The van der Waals surface area contributed by atoms with Gasteiger partial charge < -0.3 is 34.9 Å². The highest BCUT2D eigenvalue weighted by Gasteiger charge is 2.40. The van der Waals surface area contributed by atoms with Gasteiger partial charge in [-0.2, -0.15) is 0 Å². The number of hydrogen-bond acceptors (Lipinski definition) is 9. The zero-order valence-electron chi connectivity index (χ0n) is 39.7. The molecule has 69 heavy (non-hydrogen) atoms. The molecule has 0 aliphatic carbocycles. The second-order valence-corrected chi connectivity index (χ2v) is 18.0. The van der Waals surface area contributed by atoms with Gasteiger partial charge in [0.25, 0.3) is 0 Å². The number of ether oxygens (including phenoxy) is 2. The minimum atomic E-state index is -0.818. The van der Waals surface area contributed by atoms with E-state index < -0.39 is 12.1 Å². The summed E-state index contributed by atoms with van der Waals surface area (Å²) < 4.78 is 10.9. The van der Waals surface area contributed by atoms with Crippen LogP contribution in [0.25, 0.3) is 22.4 Å². The minimum Gasteiger partial charge on any atom is -0.489 e. The Morgan fingerprint density at radius 2 is 1.36 bits per heavy atom. The van der Waals surface area contributed by atoms with E-state index in [1.807, 2.05) is 88.8 Å².